The van der Waals surface area contributed by atoms with Crippen LogP contribution in [0.1, 0.15) is 18.3 Å². The second kappa shape index (κ2) is 5.46. The van der Waals surface area contributed by atoms with Crippen LogP contribution in [-0.2, 0) is 10.0 Å². The van der Waals surface area contributed by atoms with Crippen molar-refractivity contribution in [3.63, 3.8) is 0 Å². The number of aromatic nitrogens is 2. The third-order valence-electron chi connectivity index (χ3n) is 2.63. The second-order valence-electron chi connectivity index (χ2n) is 4.35. The minimum Gasteiger partial charge on any atom is -0.341 e. The Hall–Kier alpha value is -1.15. The van der Waals surface area contributed by atoms with E-state index in [1.807, 2.05) is 0 Å². The number of nitrogens with zero attached hydrogens (tertiary/aromatic N) is 1. The first kappa shape index (κ1) is 14.3. The van der Waals surface area contributed by atoms with Gasteiger partial charge in [-0.2, -0.15) is 0 Å². The molecule has 0 aliphatic carbocycles. The summed E-state index contributed by atoms with van der Waals surface area (Å²) in [5, 5.41) is 0.620. The predicted octanol–water partition coefficient (Wildman–Crippen LogP) is 1.16. The smallest absolute Gasteiger partial charge is 0.208 e. The molecule has 2 aromatic rings. The molecule has 1 aromatic carbocycles. The minimum atomic E-state index is -3.19. The van der Waals surface area contributed by atoms with Crippen LogP contribution in [-0.4, -0.2) is 31.2 Å². The van der Waals surface area contributed by atoms with E-state index in [0.29, 0.717) is 17.3 Å². The van der Waals surface area contributed by atoms with Crippen molar-refractivity contribution in [3.05, 3.63) is 29.0 Å². The second-order valence-corrected chi connectivity index (χ2v) is 6.61. The van der Waals surface area contributed by atoms with E-state index in [1.165, 1.54) is 0 Å². The van der Waals surface area contributed by atoms with Crippen LogP contribution in [0.4, 0.5) is 0 Å². The van der Waals surface area contributed by atoms with Crippen molar-refractivity contribution in [3.8, 4) is 0 Å². The summed E-state index contributed by atoms with van der Waals surface area (Å²) >= 11 is 5.89. The van der Waals surface area contributed by atoms with Crippen LogP contribution in [0, 0.1) is 0 Å². The van der Waals surface area contributed by atoms with Gasteiger partial charge in [0.15, 0.2) is 0 Å². The number of aromatic amines is 1. The monoisotopic (exact) mass is 302 g/mol. The minimum absolute atomic E-state index is 0.276. The molecule has 4 N–H and O–H groups in total. The molecule has 1 heterocycles. The number of nitrogens with one attached hydrogen (secondary N) is 2. The summed E-state index contributed by atoms with van der Waals surface area (Å²) in [5.41, 5.74) is 7.56. The van der Waals surface area contributed by atoms with Crippen LogP contribution in [0.3, 0.4) is 0 Å². The molecular weight excluding hydrogens is 288 g/mol. The highest BCUT2D eigenvalue weighted by molar-refractivity contribution is 7.88. The predicted molar refractivity (Wildman–Crippen MR) is 75.5 cm³/mol. The molecule has 0 amide bonds. The van der Waals surface area contributed by atoms with Gasteiger partial charge in [0.1, 0.15) is 5.82 Å². The topological polar surface area (TPSA) is 101 Å². The van der Waals surface area contributed by atoms with Gasteiger partial charge in [-0.1, -0.05) is 11.6 Å². The van der Waals surface area contributed by atoms with E-state index in [0.717, 1.165) is 17.3 Å². The van der Waals surface area contributed by atoms with Gasteiger partial charge in [0, 0.05) is 11.6 Å². The number of imidazole rings is 1. The number of sulfonamides is 1. The molecule has 0 saturated heterocycles. The number of nitrogens with two attached hydrogens (primary N) is 1. The number of benzene rings is 1. The molecule has 1 aromatic heterocycles. The number of halogens is 1. The van der Waals surface area contributed by atoms with E-state index in [-0.39, 0.29) is 12.6 Å². The van der Waals surface area contributed by atoms with Crippen molar-refractivity contribution in [1.82, 2.24) is 14.7 Å². The Bertz CT molecular complexity index is 683. The van der Waals surface area contributed by atoms with Crippen molar-refractivity contribution in [2.45, 2.75) is 12.5 Å². The van der Waals surface area contributed by atoms with Gasteiger partial charge < -0.3 is 10.7 Å². The molecule has 0 aliphatic heterocycles. The lowest BCUT2D eigenvalue weighted by Crippen LogP contribution is -2.26. The third kappa shape index (κ3) is 3.90. The SMILES string of the molecule is CS(=O)(=O)NCC[C@H](N)c1nc2ccc(Cl)cc2[nH]1. The average molecular weight is 303 g/mol. The molecule has 0 aliphatic rings. The largest absolute Gasteiger partial charge is 0.341 e. The molecule has 1 atom stereocenters. The summed E-state index contributed by atoms with van der Waals surface area (Å²) in [6, 6.07) is 4.97. The molecule has 104 valence electrons. The lowest BCUT2D eigenvalue weighted by Gasteiger charge is -2.08. The normalized spacial score (nSPS) is 13.8. The van der Waals surface area contributed by atoms with Crippen molar-refractivity contribution in [2.24, 2.45) is 5.73 Å². The number of hydrogen-bond acceptors (Lipinski definition) is 4. The van der Waals surface area contributed by atoms with Gasteiger partial charge >= 0.3 is 0 Å². The van der Waals surface area contributed by atoms with Crippen LogP contribution in [0.5, 0.6) is 0 Å². The molecule has 2 rings (SSSR count). The Morgan fingerprint density at radius 1 is 1.53 bits per heavy atom. The number of fused-ring (bicyclic) bond motifs is 1. The number of hydrogen-bond donors (Lipinski definition) is 3. The maximum atomic E-state index is 10.9. The van der Waals surface area contributed by atoms with Crippen LogP contribution >= 0.6 is 11.6 Å². The summed E-state index contributed by atoms with van der Waals surface area (Å²) < 4.78 is 24.3. The van der Waals surface area contributed by atoms with E-state index in [9.17, 15) is 8.42 Å². The molecule has 0 fully saturated rings. The van der Waals surface area contributed by atoms with Gasteiger partial charge in [0.25, 0.3) is 0 Å². The van der Waals surface area contributed by atoms with Crippen molar-refractivity contribution < 1.29 is 8.42 Å². The Kier molecular flexibility index (Phi) is 4.10. The fourth-order valence-corrected chi connectivity index (χ4v) is 2.37. The summed E-state index contributed by atoms with van der Waals surface area (Å²) in [7, 11) is -3.19. The van der Waals surface area contributed by atoms with Gasteiger partial charge in [-0.3, -0.25) is 0 Å². The fraction of sp³-hybridized carbons (Fsp3) is 0.364. The van der Waals surface area contributed by atoms with E-state index in [4.69, 9.17) is 17.3 Å². The summed E-state index contributed by atoms with van der Waals surface area (Å²) in [6.45, 7) is 0.276. The molecule has 0 saturated carbocycles. The Labute approximate surface area is 116 Å². The fourth-order valence-electron chi connectivity index (χ4n) is 1.71. The average Bonchev–Trinajstić information content (AvgIpc) is 2.70. The van der Waals surface area contributed by atoms with E-state index in [1.54, 1.807) is 18.2 Å². The van der Waals surface area contributed by atoms with Gasteiger partial charge in [0.05, 0.1) is 23.3 Å². The van der Waals surface area contributed by atoms with Crippen LogP contribution in [0.15, 0.2) is 18.2 Å². The molecule has 6 nitrogen and oxygen atoms in total. The molecule has 19 heavy (non-hydrogen) atoms. The summed E-state index contributed by atoms with van der Waals surface area (Å²) in [6.07, 6.45) is 1.57. The van der Waals surface area contributed by atoms with E-state index < -0.39 is 10.0 Å². The highest BCUT2D eigenvalue weighted by Gasteiger charge is 2.12. The highest BCUT2D eigenvalue weighted by atomic mass is 35.5. The van der Waals surface area contributed by atoms with Crippen LogP contribution in [0.25, 0.3) is 11.0 Å². The van der Waals surface area contributed by atoms with Crippen LogP contribution in [0.2, 0.25) is 5.02 Å². The maximum Gasteiger partial charge on any atom is 0.208 e. The van der Waals surface area contributed by atoms with E-state index >= 15 is 0 Å². The summed E-state index contributed by atoms with van der Waals surface area (Å²) in [4.78, 5) is 7.44. The van der Waals surface area contributed by atoms with Crippen molar-refractivity contribution in [1.29, 1.82) is 0 Å². The zero-order valence-corrected chi connectivity index (χ0v) is 11.9. The zero-order valence-electron chi connectivity index (χ0n) is 10.4. The molecule has 0 spiro atoms. The molecule has 0 unspecified atom stereocenters. The first-order valence-electron chi connectivity index (χ1n) is 5.70. The third-order valence-corrected chi connectivity index (χ3v) is 3.60. The Morgan fingerprint density at radius 3 is 2.95 bits per heavy atom. The van der Waals surface area contributed by atoms with Crippen molar-refractivity contribution >= 4 is 32.7 Å². The van der Waals surface area contributed by atoms with Crippen molar-refractivity contribution in [2.75, 3.05) is 12.8 Å². The van der Waals surface area contributed by atoms with Gasteiger partial charge in [-0.05, 0) is 24.6 Å². The van der Waals surface area contributed by atoms with E-state index in [2.05, 4.69) is 14.7 Å². The van der Waals surface area contributed by atoms with Gasteiger partial charge in [-0.25, -0.2) is 18.1 Å². The Morgan fingerprint density at radius 2 is 2.26 bits per heavy atom. The molecular formula is C11H15ClN4O2S. The number of H-pyrrole nitrogens is 1. The first-order valence-corrected chi connectivity index (χ1v) is 7.97. The lowest BCUT2D eigenvalue weighted by atomic mass is 10.2. The lowest BCUT2D eigenvalue weighted by molar-refractivity contribution is 0.569. The van der Waals surface area contributed by atoms with Gasteiger partial charge in [-0.15, -0.1) is 0 Å². The molecule has 0 bridgehead atoms. The van der Waals surface area contributed by atoms with Crippen LogP contribution < -0.4 is 10.5 Å². The maximum absolute atomic E-state index is 10.9. The molecule has 0 radical (unpaired) electrons. The zero-order chi connectivity index (χ0) is 14.0. The first-order chi connectivity index (χ1) is 8.85. The molecule has 8 heteroatoms. The quantitative estimate of drug-likeness (QED) is 0.771. The standard InChI is InChI=1S/C11H15ClN4O2S/c1-19(17,18)14-5-4-8(13)11-15-9-3-2-7(12)6-10(9)16-11/h2-3,6,8,14H,4-5,13H2,1H3,(H,15,16)/t8-/m0/s1. The Balaban J connectivity index is 2.07. The van der Waals surface area contributed by atoms with Gasteiger partial charge in [0.2, 0.25) is 10.0 Å². The highest BCUT2D eigenvalue weighted by Crippen LogP contribution is 2.20. The number of rotatable bonds is 5. The summed E-state index contributed by atoms with van der Waals surface area (Å²) in [5.74, 6) is 0.618.